The number of β-amino-alcohol motifs (C(OH)–C–C–N with tert-alkyl or cyclic N) is 1. The Morgan fingerprint density at radius 2 is 2.40 bits per heavy atom. The minimum absolute atomic E-state index is 0.279. The first-order valence-corrected chi connectivity index (χ1v) is 5.48. The molecule has 0 spiro atoms. The molecule has 1 atom stereocenters. The Bertz CT molecular complexity index is 338. The molecule has 82 valence electrons. The van der Waals surface area contributed by atoms with Gasteiger partial charge in [0.15, 0.2) is 0 Å². The third-order valence-electron chi connectivity index (χ3n) is 2.54. The summed E-state index contributed by atoms with van der Waals surface area (Å²) in [4.78, 5) is 0. The molecule has 3 nitrogen and oxygen atoms in total. The molecule has 0 saturated heterocycles. The molecule has 0 saturated carbocycles. The molecule has 1 aromatic rings. The average Bonchev–Trinajstić information content (AvgIpc) is 2.25. The van der Waals surface area contributed by atoms with Crippen molar-refractivity contribution in [3.8, 4) is 5.75 Å². The van der Waals surface area contributed by atoms with Gasteiger partial charge in [-0.1, -0.05) is 19.1 Å². The standard InChI is InChI=1S/C12H17NO2/c1-2-6-15-11-5-3-4-9-7-10(14)8-13-12(9)11/h3-5,10,13-14H,2,6-8H2,1H3. The first-order chi connectivity index (χ1) is 7.31. The van der Waals surface area contributed by atoms with E-state index in [1.54, 1.807) is 0 Å². The maximum atomic E-state index is 9.52. The predicted molar refractivity (Wildman–Crippen MR) is 60.4 cm³/mol. The van der Waals surface area contributed by atoms with Gasteiger partial charge < -0.3 is 15.2 Å². The zero-order valence-electron chi connectivity index (χ0n) is 8.99. The second kappa shape index (κ2) is 4.53. The van der Waals surface area contributed by atoms with Crippen LogP contribution >= 0.6 is 0 Å². The number of aliphatic hydroxyl groups excluding tert-OH is 1. The van der Waals surface area contributed by atoms with E-state index < -0.39 is 0 Å². The molecule has 1 aliphatic heterocycles. The summed E-state index contributed by atoms with van der Waals surface area (Å²) < 4.78 is 5.64. The fourth-order valence-electron chi connectivity index (χ4n) is 1.83. The van der Waals surface area contributed by atoms with Crippen LogP contribution in [-0.2, 0) is 6.42 Å². The average molecular weight is 207 g/mol. The molecule has 3 heteroatoms. The largest absolute Gasteiger partial charge is 0.491 e. The highest BCUT2D eigenvalue weighted by molar-refractivity contribution is 5.63. The van der Waals surface area contributed by atoms with Crippen LogP contribution in [0.5, 0.6) is 5.75 Å². The van der Waals surface area contributed by atoms with Gasteiger partial charge in [0, 0.05) is 13.0 Å². The second-order valence-corrected chi connectivity index (χ2v) is 3.88. The summed E-state index contributed by atoms with van der Waals surface area (Å²) in [5.41, 5.74) is 2.19. The van der Waals surface area contributed by atoms with E-state index in [1.807, 2.05) is 18.2 Å². The molecule has 0 fully saturated rings. The van der Waals surface area contributed by atoms with Crippen LogP contribution in [0.3, 0.4) is 0 Å². The molecule has 0 aliphatic carbocycles. The Balaban J connectivity index is 2.21. The van der Waals surface area contributed by atoms with E-state index in [2.05, 4.69) is 12.2 Å². The minimum atomic E-state index is -0.279. The fraction of sp³-hybridized carbons (Fsp3) is 0.500. The number of hydrogen-bond donors (Lipinski definition) is 2. The topological polar surface area (TPSA) is 41.5 Å². The van der Waals surface area contributed by atoms with Crippen LogP contribution in [0.4, 0.5) is 5.69 Å². The Labute approximate surface area is 90.1 Å². The number of benzene rings is 1. The van der Waals surface area contributed by atoms with Crippen molar-refractivity contribution in [1.29, 1.82) is 0 Å². The van der Waals surface area contributed by atoms with Gasteiger partial charge in [0.2, 0.25) is 0 Å². The van der Waals surface area contributed by atoms with E-state index in [9.17, 15) is 5.11 Å². The minimum Gasteiger partial charge on any atom is -0.491 e. The van der Waals surface area contributed by atoms with Crippen molar-refractivity contribution in [2.75, 3.05) is 18.5 Å². The Morgan fingerprint density at radius 1 is 1.53 bits per heavy atom. The van der Waals surface area contributed by atoms with Gasteiger partial charge in [-0.25, -0.2) is 0 Å². The lowest BCUT2D eigenvalue weighted by atomic mass is 10.0. The highest BCUT2D eigenvalue weighted by Gasteiger charge is 2.18. The summed E-state index contributed by atoms with van der Waals surface area (Å²) in [6.07, 6.45) is 1.44. The van der Waals surface area contributed by atoms with Crippen LogP contribution in [0, 0.1) is 0 Å². The van der Waals surface area contributed by atoms with Gasteiger partial charge in [-0.05, 0) is 18.1 Å². The molecule has 2 rings (SSSR count). The maximum absolute atomic E-state index is 9.52. The molecular formula is C12H17NO2. The van der Waals surface area contributed by atoms with Crippen LogP contribution < -0.4 is 10.1 Å². The number of anilines is 1. The van der Waals surface area contributed by atoms with Crippen molar-refractivity contribution in [2.24, 2.45) is 0 Å². The fourth-order valence-corrected chi connectivity index (χ4v) is 1.83. The summed E-state index contributed by atoms with van der Waals surface area (Å²) in [6.45, 7) is 3.44. The van der Waals surface area contributed by atoms with Crippen molar-refractivity contribution in [3.05, 3.63) is 23.8 Å². The molecule has 0 radical (unpaired) electrons. The monoisotopic (exact) mass is 207 g/mol. The van der Waals surface area contributed by atoms with E-state index in [1.165, 1.54) is 0 Å². The third-order valence-corrected chi connectivity index (χ3v) is 2.54. The predicted octanol–water partition coefficient (Wildman–Crippen LogP) is 1.80. The Kier molecular flexibility index (Phi) is 3.11. The van der Waals surface area contributed by atoms with Crippen molar-refractivity contribution in [1.82, 2.24) is 0 Å². The molecule has 1 aromatic carbocycles. The number of ether oxygens (including phenoxy) is 1. The van der Waals surface area contributed by atoms with E-state index in [0.717, 1.165) is 30.0 Å². The van der Waals surface area contributed by atoms with Crippen LogP contribution in [0.25, 0.3) is 0 Å². The van der Waals surface area contributed by atoms with E-state index in [-0.39, 0.29) is 6.10 Å². The number of hydrogen-bond acceptors (Lipinski definition) is 3. The summed E-state index contributed by atoms with van der Waals surface area (Å²) in [6, 6.07) is 5.98. The lowest BCUT2D eigenvalue weighted by Gasteiger charge is -2.24. The van der Waals surface area contributed by atoms with Gasteiger partial charge in [-0.15, -0.1) is 0 Å². The van der Waals surface area contributed by atoms with E-state index in [4.69, 9.17) is 4.74 Å². The van der Waals surface area contributed by atoms with Gasteiger partial charge in [0.25, 0.3) is 0 Å². The summed E-state index contributed by atoms with van der Waals surface area (Å²) in [7, 11) is 0. The normalized spacial score (nSPS) is 19.2. The Hall–Kier alpha value is -1.22. The van der Waals surface area contributed by atoms with E-state index >= 15 is 0 Å². The molecule has 2 N–H and O–H groups in total. The number of rotatable bonds is 3. The molecular weight excluding hydrogens is 190 g/mol. The lowest BCUT2D eigenvalue weighted by Crippen LogP contribution is -2.27. The zero-order chi connectivity index (χ0) is 10.7. The van der Waals surface area contributed by atoms with Gasteiger partial charge in [0.05, 0.1) is 18.4 Å². The number of fused-ring (bicyclic) bond motifs is 1. The first-order valence-electron chi connectivity index (χ1n) is 5.48. The molecule has 0 amide bonds. The second-order valence-electron chi connectivity index (χ2n) is 3.88. The highest BCUT2D eigenvalue weighted by Crippen LogP contribution is 2.32. The van der Waals surface area contributed by atoms with Gasteiger partial charge >= 0.3 is 0 Å². The first kappa shape index (κ1) is 10.3. The van der Waals surface area contributed by atoms with Crippen molar-refractivity contribution >= 4 is 5.69 Å². The van der Waals surface area contributed by atoms with Crippen LogP contribution in [-0.4, -0.2) is 24.4 Å². The molecule has 15 heavy (non-hydrogen) atoms. The third kappa shape index (κ3) is 2.23. The van der Waals surface area contributed by atoms with Gasteiger partial charge in [-0.3, -0.25) is 0 Å². The SMILES string of the molecule is CCCOc1cccc2c1NCC(O)C2. The smallest absolute Gasteiger partial charge is 0.142 e. The molecule has 1 aliphatic rings. The molecule has 1 heterocycles. The van der Waals surface area contributed by atoms with Crippen molar-refractivity contribution < 1.29 is 9.84 Å². The van der Waals surface area contributed by atoms with Gasteiger partial charge in [0.1, 0.15) is 5.75 Å². The quantitative estimate of drug-likeness (QED) is 0.794. The maximum Gasteiger partial charge on any atom is 0.142 e. The number of nitrogens with one attached hydrogen (secondary N) is 1. The number of para-hydroxylation sites is 1. The van der Waals surface area contributed by atoms with Crippen molar-refractivity contribution in [2.45, 2.75) is 25.9 Å². The highest BCUT2D eigenvalue weighted by atomic mass is 16.5. The van der Waals surface area contributed by atoms with E-state index in [0.29, 0.717) is 13.0 Å². The summed E-state index contributed by atoms with van der Waals surface area (Å²) in [5.74, 6) is 0.904. The van der Waals surface area contributed by atoms with Crippen LogP contribution in [0.15, 0.2) is 18.2 Å². The molecule has 1 unspecified atom stereocenters. The van der Waals surface area contributed by atoms with Crippen molar-refractivity contribution in [3.63, 3.8) is 0 Å². The summed E-state index contributed by atoms with van der Waals surface area (Å²) in [5, 5.41) is 12.7. The van der Waals surface area contributed by atoms with Gasteiger partial charge in [-0.2, -0.15) is 0 Å². The molecule has 0 aromatic heterocycles. The zero-order valence-corrected chi connectivity index (χ0v) is 8.99. The van der Waals surface area contributed by atoms with Crippen LogP contribution in [0.2, 0.25) is 0 Å². The van der Waals surface area contributed by atoms with Crippen LogP contribution in [0.1, 0.15) is 18.9 Å². The number of aliphatic hydroxyl groups is 1. The lowest BCUT2D eigenvalue weighted by molar-refractivity contribution is 0.184. The summed E-state index contributed by atoms with van der Waals surface area (Å²) >= 11 is 0. The molecule has 0 bridgehead atoms. The Morgan fingerprint density at radius 3 is 3.20 bits per heavy atom.